The van der Waals surface area contributed by atoms with Gasteiger partial charge in [0.25, 0.3) is 5.69 Å². The summed E-state index contributed by atoms with van der Waals surface area (Å²) in [6.07, 6.45) is -1.77. The highest BCUT2D eigenvalue weighted by Crippen LogP contribution is 2.47. The van der Waals surface area contributed by atoms with Crippen molar-refractivity contribution in [3.05, 3.63) is 64.2 Å². The van der Waals surface area contributed by atoms with Crippen molar-refractivity contribution in [2.75, 3.05) is 7.11 Å². The molecule has 0 amide bonds. The summed E-state index contributed by atoms with van der Waals surface area (Å²) in [4.78, 5) is 22.4. The van der Waals surface area contributed by atoms with Gasteiger partial charge in [0, 0.05) is 6.07 Å². The lowest BCUT2D eigenvalue weighted by Gasteiger charge is -2.32. The fraction of sp³-hybridized carbons (Fsp3) is 0.235. The van der Waals surface area contributed by atoms with Gasteiger partial charge in [0.15, 0.2) is 6.10 Å². The molecule has 0 radical (unpaired) electrons. The van der Waals surface area contributed by atoms with Gasteiger partial charge in [-0.1, -0.05) is 24.3 Å². The lowest BCUT2D eigenvalue weighted by atomic mass is 9.94. The number of ether oxygens (including phenoxy) is 1. The maximum Gasteiger partial charge on any atom is 0.334 e. The number of nitrogens with zero attached hydrogens (tertiary/aromatic N) is 1. The van der Waals surface area contributed by atoms with Crippen LogP contribution in [0.3, 0.4) is 0 Å². The second-order valence-corrected chi connectivity index (χ2v) is 6.90. The van der Waals surface area contributed by atoms with Gasteiger partial charge in [-0.25, -0.2) is 4.79 Å². The van der Waals surface area contributed by atoms with Gasteiger partial charge in [0.05, 0.1) is 21.7 Å². The van der Waals surface area contributed by atoms with Crippen LogP contribution in [0.5, 0.6) is 5.75 Å². The topological polar surface area (TPSA) is 110 Å². The van der Waals surface area contributed by atoms with Crippen LogP contribution in [-0.2, 0) is 9.54 Å². The van der Waals surface area contributed by atoms with Crippen LogP contribution in [0.4, 0.5) is 5.69 Å². The van der Waals surface area contributed by atoms with Gasteiger partial charge in [0.2, 0.25) is 0 Å². The van der Waals surface area contributed by atoms with E-state index in [0.717, 1.165) is 11.8 Å². The van der Waals surface area contributed by atoms with Crippen LogP contribution in [0.2, 0.25) is 0 Å². The van der Waals surface area contributed by atoms with Crippen LogP contribution >= 0.6 is 11.8 Å². The fourth-order valence-electron chi connectivity index (χ4n) is 2.35. The lowest BCUT2D eigenvalue weighted by Crippen LogP contribution is -2.39. The first-order valence-electron chi connectivity index (χ1n) is 7.27. The Labute approximate surface area is 148 Å². The Kier molecular flexibility index (Phi) is 5.66. The van der Waals surface area contributed by atoms with Gasteiger partial charge < -0.3 is 14.9 Å². The molecule has 2 rings (SSSR count). The van der Waals surface area contributed by atoms with E-state index >= 15 is 0 Å². The molecule has 0 saturated carbocycles. The summed E-state index contributed by atoms with van der Waals surface area (Å²) in [6.45, 7) is 1.54. The summed E-state index contributed by atoms with van der Waals surface area (Å²) in [5.74, 6) is -0.837. The van der Waals surface area contributed by atoms with Gasteiger partial charge in [0.1, 0.15) is 5.75 Å². The maximum absolute atomic E-state index is 11.4. The molecule has 7 nitrogen and oxygen atoms in total. The molecule has 0 heterocycles. The Balaban J connectivity index is 2.52. The number of carboxylic acid groups (broad SMARTS) is 1. The number of nitro groups is 1. The molecule has 0 aliphatic rings. The highest BCUT2D eigenvalue weighted by atomic mass is 32.2. The molecule has 0 spiro atoms. The SMILES string of the molecule is COc1ccc(C(C)(Sc2ccccc2[N+](=O)[O-])C(O)C(=O)O)cc1. The Hall–Kier alpha value is -2.58. The summed E-state index contributed by atoms with van der Waals surface area (Å²) in [7, 11) is 1.50. The minimum Gasteiger partial charge on any atom is -0.497 e. The van der Waals surface area contributed by atoms with E-state index in [0.29, 0.717) is 11.3 Å². The van der Waals surface area contributed by atoms with Crippen LogP contribution < -0.4 is 4.74 Å². The van der Waals surface area contributed by atoms with Crippen LogP contribution in [0.1, 0.15) is 12.5 Å². The normalized spacial score (nSPS) is 14.4. The highest BCUT2D eigenvalue weighted by molar-refractivity contribution is 8.00. The summed E-state index contributed by atoms with van der Waals surface area (Å²) >= 11 is 0.936. The smallest absolute Gasteiger partial charge is 0.334 e. The van der Waals surface area contributed by atoms with Crippen molar-refractivity contribution in [1.29, 1.82) is 0 Å². The van der Waals surface area contributed by atoms with Crippen molar-refractivity contribution in [1.82, 2.24) is 0 Å². The Morgan fingerprint density at radius 3 is 2.36 bits per heavy atom. The van der Waals surface area contributed by atoms with E-state index in [2.05, 4.69) is 0 Å². The highest BCUT2D eigenvalue weighted by Gasteiger charge is 2.42. The predicted molar refractivity (Wildman–Crippen MR) is 92.9 cm³/mol. The van der Waals surface area contributed by atoms with Gasteiger partial charge >= 0.3 is 5.97 Å². The van der Waals surface area contributed by atoms with E-state index in [9.17, 15) is 25.1 Å². The van der Waals surface area contributed by atoms with E-state index in [1.165, 1.54) is 32.2 Å². The third kappa shape index (κ3) is 3.92. The molecule has 2 aromatic rings. The minimum atomic E-state index is -1.77. The number of carbonyl (C=O) groups is 1. The van der Waals surface area contributed by atoms with Crippen LogP contribution in [0, 0.1) is 10.1 Å². The number of hydrogen-bond acceptors (Lipinski definition) is 6. The molecule has 0 fully saturated rings. The number of thioether (sulfide) groups is 1. The Morgan fingerprint density at radius 1 is 1.24 bits per heavy atom. The number of methoxy groups -OCH3 is 1. The average molecular weight is 363 g/mol. The molecule has 0 aliphatic carbocycles. The van der Waals surface area contributed by atoms with E-state index in [4.69, 9.17) is 4.74 Å². The van der Waals surface area contributed by atoms with Crippen molar-refractivity contribution in [3.8, 4) is 5.75 Å². The van der Waals surface area contributed by atoms with Crippen molar-refractivity contribution in [3.63, 3.8) is 0 Å². The van der Waals surface area contributed by atoms with Gasteiger partial charge in [-0.15, -0.1) is 11.8 Å². The standard InChI is InChI=1S/C17H17NO6S/c1-17(15(19)16(20)21,11-7-9-12(24-2)10-8-11)25-14-6-4-3-5-13(14)18(22)23/h3-10,15,19H,1-2H3,(H,20,21). The molecule has 2 N–H and O–H groups in total. The summed E-state index contributed by atoms with van der Waals surface area (Å²) in [6, 6.07) is 12.6. The number of nitro benzene ring substituents is 1. The zero-order chi connectivity index (χ0) is 18.6. The van der Waals surface area contributed by atoms with E-state index < -0.39 is 21.7 Å². The van der Waals surface area contributed by atoms with Crippen LogP contribution in [0.15, 0.2) is 53.4 Å². The number of aliphatic carboxylic acids is 1. The molecule has 0 aromatic heterocycles. The van der Waals surface area contributed by atoms with Gasteiger partial charge in [-0.05, 0) is 30.7 Å². The number of benzene rings is 2. The summed E-state index contributed by atoms with van der Waals surface area (Å²) in [5.41, 5.74) is 0.358. The third-order valence-corrected chi connectivity index (χ3v) is 5.25. The molecule has 25 heavy (non-hydrogen) atoms. The maximum atomic E-state index is 11.4. The third-order valence-electron chi connectivity index (χ3n) is 3.80. The van der Waals surface area contributed by atoms with Crippen molar-refractivity contribution >= 4 is 23.4 Å². The number of hydrogen-bond donors (Lipinski definition) is 2. The monoisotopic (exact) mass is 363 g/mol. The number of aliphatic hydroxyl groups excluding tert-OH is 1. The first-order valence-corrected chi connectivity index (χ1v) is 8.09. The van der Waals surface area contributed by atoms with E-state index in [-0.39, 0.29) is 10.6 Å². The number of rotatable bonds is 7. The molecule has 132 valence electrons. The molecule has 2 atom stereocenters. The zero-order valence-corrected chi connectivity index (χ0v) is 14.4. The predicted octanol–water partition coefficient (Wildman–Crippen LogP) is 3.06. The molecule has 0 saturated heterocycles. The Bertz CT molecular complexity index is 779. The second-order valence-electron chi connectivity index (χ2n) is 5.40. The molecular weight excluding hydrogens is 346 g/mol. The van der Waals surface area contributed by atoms with Gasteiger partial charge in [-0.2, -0.15) is 0 Å². The van der Waals surface area contributed by atoms with Gasteiger partial charge in [-0.3, -0.25) is 10.1 Å². The molecule has 2 unspecified atom stereocenters. The second kappa shape index (κ2) is 7.54. The molecular formula is C17H17NO6S. The number of para-hydroxylation sites is 1. The van der Waals surface area contributed by atoms with E-state index in [1.54, 1.807) is 30.3 Å². The lowest BCUT2D eigenvalue weighted by molar-refractivity contribution is -0.387. The molecule has 8 heteroatoms. The van der Waals surface area contributed by atoms with Crippen molar-refractivity contribution in [2.45, 2.75) is 22.7 Å². The van der Waals surface area contributed by atoms with Crippen molar-refractivity contribution in [2.24, 2.45) is 0 Å². The van der Waals surface area contributed by atoms with Crippen LogP contribution in [0.25, 0.3) is 0 Å². The number of aliphatic hydroxyl groups is 1. The fourth-order valence-corrected chi connectivity index (χ4v) is 3.67. The van der Waals surface area contributed by atoms with E-state index in [1.807, 2.05) is 0 Å². The summed E-state index contributed by atoms with van der Waals surface area (Å²) in [5, 5.41) is 30.8. The Morgan fingerprint density at radius 2 is 1.84 bits per heavy atom. The zero-order valence-electron chi connectivity index (χ0n) is 13.6. The van der Waals surface area contributed by atoms with Crippen LogP contribution in [-0.4, -0.2) is 34.3 Å². The number of carboxylic acids is 1. The first kappa shape index (κ1) is 18.8. The quantitative estimate of drug-likeness (QED) is 0.442. The molecule has 2 aromatic carbocycles. The average Bonchev–Trinajstić information content (AvgIpc) is 2.61. The largest absolute Gasteiger partial charge is 0.497 e. The minimum absolute atomic E-state index is 0.148. The molecule has 0 aliphatic heterocycles. The first-order chi connectivity index (χ1) is 11.8. The summed E-state index contributed by atoms with van der Waals surface area (Å²) < 4.78 is 3.74. The van der Waals surface area contributed by atoms with Crippen molar-refractivity contribution < 1.29 is 24.7 Å². The molecule has 0 bridgehead atoms.